The predicted molar refractivity (Wildman–Crippen MR) is 58.4 cm³/mol. The van der Waals surface area contributed by atoms with Crippen molar-refractivity contribution in [1.29, 1.82) is 0 Å². The number of phenols is 1. The van der Waals surface area contributed by atoms with Crippen LogP contribution in [0.15, 0.2) is 18.2 Å². The number of aldehydes is 1. The first-order valence-electron chi connectivity index (χ1n) is 4.89. The van der Waals surface area contributed by atoms with E-state index in [0.717, 1.165) is 0 Å². The number of aromatic hydroxyl groups is 1. The van der Waals surface area contributed by atoms with E-state index < -0.39 is 12.2 Å². The zero-order valence-electron chi connectivity index (χ0n) is 8.92. The van der Waals surface area contributed by atoms with Crippen molar-refractivity contribution in [2.24, 2.45) is 0 Å². The van der Waals surface area contributed by atoms with Gasteiger partial charge in [-0.1, -0.05) is 6.07 Å². The number of rotatable bonds is 5. The maximum absolute atomic E-state index is 10.7. The molecule has 2 atom stereocenters. The Morgan fingerprint density at radius 2 is 2.12 bits per heavy atom. The Bertz CT molecular complexity index is 367. The molecule has 0 aliphatic carbocycles. The molecule has 5 nitrogen and oxygen atoms in total. The monoisotopic (exact) mass is 225 g/mol. The number of phenolic OH excluding ortho intramolecular Hbond substituents is 1. The molecule has 0 aromatic heterocycles. The molecule has 0 saturated heterocycles. The van der Waals surface area contributed by atoms with Crippen LogP contribution < -0.4 is 5.32 Å². The number of aliphatic hydroxyl groups excluding tert-OH is 2. The quantitative estimate of drug-likeness (QED) is 0.522. The largest absolute Gasteiger partial charge is 0.508 e. The zero-order chi connectivity index (χ0) is 12.1. The first-order chi connectivity index (χ1) is 7.60. The van der Waals surface area contributed by atoms with Crippen LogP contribution in [0, 0.1) is 0 Å². The Kier molecular flexibility index (Phi) is 4.42. The minimum absolute atomic E-state index is 0.0545. The van der Waals surface area contributed by atoms with E-state index in [4.69, 9.17) is 0 Å². The van der Waals surface area contributed by atoms with Crippen LogP contribution in [0.4, 0.5) is 0 Å². The molecule has 4 N–H and O–H groups in total. The van der Waals surface area contributed by atoms with Gasteiger partial charge in [-0.15, -0.1) is 0 Å². The van der Waals surface area contributed by atoms with Crippen molar-refractivity contribution in [2.75, 3.05) is 13.6 Å². The fraction of sp³-hybridized carbons (Fsp3) is 0.364. The lowest BCUT2D eigenvalue weighted by atomic mass is 9.99. The molecule has 1 aromatic rings. The number of benzene rings is 1. The van der Waals surface area contributed by atoms with Crippen LogP contribution in [-0.2, 0) is 0 Å². The molecule has 0 heterocycles. The Hall–Kier alpha value is -1.43. The highest BCUT2D eigenvalue weighted by Gasteiger charge is 2.20. The summed E-state index contributed by atoms with van der Waals surface area (Å²) in [4.78, 5) is 10.7. The lowest BCUT2D eigenvalue weighted by Gasteiger charge is -2.19. The van der Waals surface area contributed by atoms with Gasteiger partial charge in [-0.25, -0.2) is 0 Å². The van der Waals surface area contributed by atoms with Crippen LogP contribution in [0.3, 0.4) is 0 Å². The van der Waals surface area contributed by atoms with Crippen LogP contribution >= 0.6 is 0 Å². The van der Waals surface area contributed by atoms with Gasteiger partial charge in [0.1, 0.15) is 11.9 Å². The third-order valence-electron chi connectivity index (χ3n) is 2.29. The minimum Gasteiger partial charge on any atom is -0.508 e. The molecule has 0 fully saturated rings. The van der Waals surface area contributed by atoms with E-state index in [0.29, 0.717) is 11.8 Å². The average Bonchev–Trinajstić information content (AvgIpc) is 2.28. The Morgan fingerprint density at radius 3 is 2.69 bits per heavy atom. The summed E-state index contributed by atoms with van der Waals surface area (Å²) in [6.45, 7) is 0.209. The van der Waals surface area contributed by atoms with Gasteiger partial charge in [0.25, 0.3) is 0 Å². The maximum Gasteiger partial charge on any atom is 0.150 e. The summed E-state index contributed by atoms with van der Waals surface area (Å²) in [5, 5.41) is 31.3. The molecule has 1 aromatic carbocycles. The van der Waals surface area contributed by atoms with Crippen LogP contribution in [0.2, 0.25) is 0 Å². The van der Waals surface area contributed by atoms with Gasteiger partial charge < -0.3 is 20.6 Å². The standard InChI is InChI=1S/C11H15NO4/c1-12-5-10(15)11(16)9-3-2-8(14)4-7(9)6-13/h2-4,6,10-12,14-16H,5H2,1H3. The van der Waals surface area contributed by atoms with Crippen LogP contribution in [0.1, 0.15) is 22.0 Å². The highest BCUT2D eigenvalue weighted by Crippen LogP contribution is 2.23. The average molecular weight is 225 g/mol. The molecular weight excluding hydrogens is 210 g/mol. The van der Waals surface area contributed by atoms with E-state index in [-0.39, 0.29) is 17.9 Å². The van der Waals surface area contributed by atoms with E-state index >= 15 is 0 Å². The number of carbonyl (C=O) groups excluding carboxylic acids is 1. The third kappa shape index (κ3) is 2.79. The second kappa shape index (κ2) is 5.60. The van der Waals surface area contributed by atoms with Gasteiger partial charge >= 0.3 is 0 Å². The van der Waals surface area contributed by atoms with Crippen molar-refractivity contribution in [3.63, 3.8) is 0 Å². The van der Waals surface area contributed by atoms with Gasteiger partial charge in [0, 0.05) is 12.1 Å². The van der Waals surface area contributed by atoms with Gasteiger partial charge in [-0.3, -0.25) is 4.79 Å². The smallest absolute Gasteiger partial charge is 0.150 e. The number of aliphatic hydroxyl groups is 2. The Morgan fingerprint density at radius 1 is 1.44 bits per heavy atom. The van der Waals surface area contributed by atoms with E-state index in [1.165, 1.54) is 18.2 Å². The SMILES string of the molecule is CNCC(O)C(O)c1ccc(O)cc1C=O. The number of hydrogen-bond acceptors (Lipinski definition) is 5. The molecule has 0 saturated carbocycles. The second-order valence-corrected chi connectivity index (χ2v) is 3.50. The lowest BCUT2D eigenvalue weighted by Crippen LogP contribution is -2.30. The zero-order valence-corrected chi connectivity index (χ0v) is 8.92. The van der Waals surface area contributed by atoms with Crippen molar-refractivity contribution < 1.29 is 20.1 Å². The van der Waals surface area contributed by atoms with Crippen LogP contribution in [0.5, 0.6) is 5.75 Å². The highest BCUT2D eigenvalue weighted by atomic mass is 16.3. The molecule has 0 aliphatic heterocycles. The molecule has 0 aliphatic rings. The van der Waals surface area contributed by atoms with Gasteiger partial charge in [-0.05, 0) is 24.7 Å². The molecule has 2 unspecified atom stereocenters. The molecule has 0 spiro atoms. The molecule has 88 valence electrons. The molecule has 0 bridgehead atoms. The van der Waals surface area contributed by atoms with Crippen molar-refractivity contribution in [2.45, 2.75) is 12.2 Å². The van der Waals surface area contributed by atoms with Crippen molar-refractivity contribution in [3.05, 3.63) is 29.3 Å². The van der Waals surface area contributed by atoms with Gasteiger partial charge in [-0.2, -0.15) is 0 Å². The second-order valence-electron chi connectivity index (χ2n) is 3.50. The molecule has 1 rings (SSSR count). The first kappa shape index (κ1) is 12.6. The number of nitrogens with one attached hydrogen (secondary N) is 1. The number of hydrogen-bond donors (Lipinski definition) is 4. The Labute approximate surface area is 93.4 Å². The van der Waals surface area contributed by atoms with Crippen molar-refractivity contribution in [1.82, 2.24) is 5.32 Å². The molecule has 0 radical (unpaired) electrons. The summed E-state index contributed by atoms with van der Waals surface area (Å²) in [5.41, 5.74) is 0.471. The van der Waals surface area contributed by atoms with Crippen LogP contribution in [-0.4, -0.2) is 41.3 Å². The number of likely N-dealkylation sites (N-methyl/N-ethyl adjacent to an activating group) is 1. The third-order valence-corrected chi connectivity index (χ3v) is 2.29. The van der Waals surface area contributed by atoms with Crippen molar-refractivity contribution in [3.8, 4) is 5.75 Å². The summed E-state index contributed by atoms with van der Waals surface area (Å²) in [6.07, 6.45) is -1.63. The summed E-state index contributed by atoms with van der Waals surface area (Å²) in [5.74, 6) is -0.0545. The summed E-state index contributed by atoms with van der Waals surface area (Å²) in [7, 11) is 1.65. The predicted octanol–water partition coefficient (Wildman–Crippen LogP) is -0.182. The fourth-order valence-corrected chi connectivity index (χ4v) is 1.46. The Balaban J connectivity index is 2.98. The van der Waals surface area contributed by atoms with Gasteiger partial charge in [0.2, 0.25) is 0 Å². The van der Waals surface area contributed by atoms with Crippen LogP contribution in [0.25, 0.3) is 0 Å². The normalized spacial score (nSPS) is 14.4. The summed E-state index contributed by atoms with van der Waals surface area (Å²) >= 11 is 0. The lowest BCUT2D eigenvalue weighted by molar-refractivity contribution is 0.0198. The minimum atomic E-state index is -1.16. The van der Waals surface area contributed by atoms with E-state index in [1.54, 1.807) is 7.05 Å². The summed E-state index contributed by atoms with van der Waals surface area (Å²) in [6, 6.07) is 4.03. The molecule has 0 amide bonds. The van der Waals surface area contributed by atoms with Gasteiger partial charge in [0.15, 0.2) is 6.29 Å². The van der Waals surface area contributed by atoms with E-state index in [2.05, 4.69) is 5.32 Å². The van der Waals surface area contributed by atoms with Crippen molar-refractivity contribution >= 4 is 6.29 Å². The maximum atomic E-state index is 10.7. The molecular formula is C11H15NO4. The first-order valence-corrected chi connectivity index (χ1v) is 4.89. The van der Waals surface area contributed by atoms with E-state index in [1.807, 2.05) is 0 Å². The summed E-state index contributed by atoms with van der Waals surface area (Å²) < 4.78 is 0. The fourth-order valence-electron chi connectivity index (χ4n) is 1.46. The molecule has 16 heavy (non-hydrogen) atoms. The van der Waals surface area contributed by atoms with Gasteiger partial charge in [0.05, 0.1) is 6.10 Å². The van der Waals surface area contributed by atoms with E-state index in [9.17, 15) is 20.1 Å². The molecule has 5 heteroatoms. The highest BCUT2D eigenvalue weighted by molar-refractivity contribution is 5.78. The number of carbonyl (C=O) groups is 1. The topological polar surface area (TPSA) is 89.8 Å².